The van der Waals surface area contributed by atoms with Crippen molar-refractivity contribution in [1.29, 1.82) is 0 Å². The number of hydrogen-bond donors (Lipinski definition) is 1. The number of rotatable bonds is 7. The fourth-order valence-electron chi connectivity index (χ4n) is 1.87. The molecule has 0 aliphatic rings. The standard InChI is InChI=1S/C16H21NO2S/c1-12(2)17-9-14-5-4-6-15(18-3)16(14)19-10-13-7-8-20-11-13/h4-8,11-12,17H,9-10H2,1-3H3. The first-order chi connectivity index (χ1) is 9.70. The molecule has 1 aromatic carbocycles. The van der Waals surface area contributed by atoms with E-state index in [-0.39, 0.29) is 0 Å². The highest BCUT2D eigenvalue weighted by Gasteiger charge is 2.11. The molecule has 0 spiro atoms. The zero-order valence-electron chi connectivity index (χ0n) is 12.2. The second kappa shape index (κ2) is 7.31. The van der Waals surface area contributed by atoms with E-state index in [4.69, 9.17) is 9.47 Å². The average Bonchev–Trinajstić information content (AvgIpc) is 2.96. The fourth-order valence-corrected chi connectivity index (χ4v) is 2.52. The van der Waals surface area contributed by atoms with Gasteiger partial charge in [0.15, 0.2) is 11.5 Å². The minimum atomic E-state index is 0.436. The van der Waals surface area contributed by atoms with Crippen molar-refractivity contribution < 1.29 is 9.47 Å². The van der Waals surface area contributed by atoms with Crippen molar-refractivity contribution in [1.82, 2.24) is 5.32 Å². The summed E-state index contributed by atoms with van der Waals surface area (Å²) in [5, 5.41) is 7.57. The number of ether oxygens (including phenoxy) is 2. The van der Waals surface area contributed by atoms with Crippen LogP contribution >= 0.6 is 11.3 Å². The molecule has 0 unspecified atom stereocenters. The van der Waals surface area contributed by atoms with Crippen LogP contribution in [0.1, 0.15) is 25.0 Å². The third kappa shape index (κ3) is 3.99. The molecule has 0 amide bonds. The molecular weight excluding hydrogens is 270 g/mol. The minimum absolute atomic E-state index is 0.436. The van der Waals surface area contributed by atoms with Crippen molar-refractivity contribution in [3.63, 3.8) is 0 Å². The molecule has 0 atom stereocenters. The third-order valence-electron chi connectivity index (χ3n) is 2.94. The van der Waals surface area contributed by atoms with E-state index in [0.717, 1.165) is 23.6 Å². The molecule has 1 heterocycles. The molecule has 0 aliphatic carbocycles. The van der Waals surface area contributed by atoms with Crippen LogP contribution in [0.25, 0.3) is 0 Å². The number of methoxy groups -OCH3 is 1. The molecule has 108 valence electrons. The van der Waals surface area contributed by atoms with Crippen molar-refractivity contribution in [3.8, 4) is 11.5 Å². The Balaban J connectivity index is 2.14. The van der Waals surface area contributed by atoms with E-state index in [0.29, 0.717) is 12.6 Å². The smallest absolute Gasteiger partial charge is 0.166 e. The first-order valence-electron chi connectivity index (χ1n) is 6.74. The summed E-state index contributed by atoms with van der Waals surface area (Å²) >= 11 is 1.68. The normalized spacial score (nSPS) is 10.8. The number of para-hydroxylation sites is 1. The summed E-state index contributed by atoms with van der Waals surface area (Å²) < 4.78 is 11.4. The Hall–Kier alpha value is -1.52. The van der Waals surface area contributed by atoms with E-state index in [9.17, 15) is 0 Å². The van der Waals surface area contributed by atoms with E-state index in [2.05, 4.69) is 42.1 Å². The van der Waals surface area contributed by atoms with E-state index < -0.39 is 0 Å². The molecule has 2 aromatic rings. The van der Waals surface area contributed by atoms with Crippen molar-refractivity contribution in [2.24, 2.45) is 0 Å². The molecule has 0 saturated carbocycles. The second-order valence-corrected chi connectivity index (χ2v) is 5.68. The van der Waals surface area contributed by atoms with Crippen LogP contribution in [-0.2, 0) is 13.2 Å². The number of thiophene rings is 1. The molecule has 0 fully saturated rings. The molecule has 1 N–H and O–H groups in total. The van der Waals surface area contributed by atoms with Gasteiger partial charge in [-0.1, -0.05) is 26.0 Å². The third-order valence-corrected chi connectivity index (χ3v) is 3.68. The maximum atomic E-state index is 5.98. The van der Waals surface area contributed by atoms with E-state index in [1.165, 1.54) is 5.56 Å². The predicted octanol–water partition coefficient (Wildman–Crippen LogP) is 3.83. The summed E-state index contributed by atoms with van der Waals surface area (Å²) in [4.78, 5) is 0. The van der Waals surface area contributed by atoms with Crippen molar-refractivity contribution in [2.45, 2.75) is 33.0 Å². The molecule has 0 aliphatic heterocycles. The van der Waals surface area contributed by atoms with Crippen molar-refractivity contribution >= 4 is 11.3 Å². The molecule has 1 aromatic heterocycles. The summed E-state index contributed by atoms with van der Waals surface area (Å²) in [7, 11) is 1.67. The lowest BCUT2D eigenvalue weighted by molar-refractivity contribution is 0.281. The van der Waals surface area contributed by atoms with Crippen LogP contribution in [0.5, 0.6) is 11.5 Å². The maximum Gasteiger partial charge on any atom is 0.166 e. The summed E-state index contributed by atoms with van der Waals surface area (Å²) in [6, 6.07) is 8.51. The van der Waals surface area contributed by atoms with E-state index >= 15 is 0 Å². The lowest BCUT2D eigenvalue weighted by atomic mass is 10.1. The Bertz CT molecular complexity index is 523. The van der Waals surface area contributed by atoms with Crippen molar-refractivity contribution in [2.75, 3.05) is 7.11 Å². The highest BCUT2D eigenvalue weighted by molar-refractivity contribution is 7.07. The molecule has 0 radical (unpaired) electrons. The molecular formula is C16H21NO2S. The van der Waals surface area contributed by atoms with Gasteiger partial charge in [0.25, 0.3) is 0 Å². The van der Waals surface area contributed by atoms with Gasteiger partial charge in [-0.3, -0.25) is 0 Å². The minimum Gasteiger partial charge on any atom is -0.493 e. The van der Waals surface area contributed by atoms with Crippen LogP contribution in [-0.4, -0.2) is 13.2 Å². The van der Waals surface area contributed by atoms with Crippen LogP contribution in [0.3, 0.4) is 0 Å². The summed E-state index contributed by atoms with van der Waals surface area (Å²) in [5.41, 5.74) is 2.30. The largest absolute Gasteiger partial charge is 0.493 e. The Morgan fingerprint density at radius 1 is 1.25 bits per heavy atom. The summed E-state index contributed by atoms with van der Waals surface area (Å²) in [6.07, 6.45) is 0. The quantitative estimate of drug-likeness (QED) is 0.841. The highest BCUT2D eigenvalue weighted by Crippen LogP contribution is 2.32. The summed E-state index contributed by atoms with van der Waals surface area (Å²) in [6.45, 7) is 5.60. The monoisotopic (exact) mass is 291 g/mol. The topological polar surface area (TPSA) is 30.5 Å². The fraction of sp³-hybridized carbons (Fsp3) is 0.375. The maximum absolute atomic E-state index is 5.98. The van der Waals surface area contributed by atoms with Gasteiger partial charge in [0.05, 0.1) is 7.11 Å². The van der Waals surface area contributed by atoms with Gasteiger partial charge in [-0.2, -0.15) is 11.3 Å². The summed E-state index contributed by atoms with van der Waals surface area (Å²) in [5.74, 6) is 1.61. The molecule has 4 heteroatoms. The van der Waals surface area contributed by atoms with Gasteiger partial charge in [-0.05, 0) is 28.5 Å². The second-order valence-electron chi connectivity index (χ2n) is 4.90. The zero-order chi connectivity index (χ0) is 14.4. The van der Waals surface area contributed by atoms with E-state index in [1.807, 2.05) is 12.1 Å². The van der Waals surface area contributed by atoms with Gasteiger partial charge in [-0.15, -0.1) is 0 Å². The Kier molecular flexibility index (Phi) is 5.44. The lowest BCUT2D eigenvalue weighted by Gasteiger charge is -2.16. The highest BCUT2D eigenvalue weighted by atomic mass is 32.1. The van der Waals surface area contributed by atoms with Crippen molar-refractivity contribution in [3.05, 3.63) is 46.2 Å². The van der Waals surface area contributed by atoms with Crippen LogP contribution in [0.2, 0.25) is 0 Å². The average molecular weight is 291 g/mol. The van der Waals surface area contributed by atoms with Gasteiger partial charge >= 0.3 is 0 Å². The van der Waals surface area contributed by atoms with Gasteiger partial charge in [0, 0.05) is 18.2 Å². The molecule has 2 rings (SSSR count). The molecule has 3 nitrogen and oxygen atoms in total. The van der Waals surface area contributed by atoms with Gasteiger partial charge in [-0.25, -0.2) is 0 Å². The number of nitrogens with one attached hydrogen (secondary N) is 1. The van der Waals surface area contributed by atoms with E-state index in [1.54, 1.807) is 18.4 Å². The molecule has 0 bridgehead atoms. The lowest BCUT2D eigenvalue weighted by Crippen LogP contribution is -2.22. The van der Waals surface area contributed by atoms with Crippen LogP contribution in [0.4, 0.5) is 0 Å². The Morgan fingerprint density at radius 3 is 2.75 bits per heavy atom. The zero-order valence-corrected chi connectivity index (χ0v) is 13.0. The van der Waals surface area contributed by atoms with Crippen LogP contribution in [0, 0.1) is 0 Å². The van der Waals surface area contributed by atoms with Gasteiger partial charge in [0.1, 0.15) is 6.61 Å². The predicted molar refractivity (Wildman–Crippen MR) is 83.6 cm³/mol. The molecule has 0 saturated heterocycles. The Morgan fingerprint density at radius 2 is 2.10 bits per heavy atom. The van der Waals surface area contributed by atoms with Gasteiger partial charge in [0.2, 0.25) is 0 Å². The van der Waals surface area contributed by atoms with Crippen LogP contribution < -0.4 is 14.8 Å². The number of benzene rings is 1. The Labute approximate surface area is 124 Å². The SMILES string of the molecule is COc1cccc(CNC(C)C)c1OCc1ccsc1. The first kappa shape index (κ1) is 14.9. The number of hydrogen-bond acceptors (Lipinski definition) is 4. The molecule has 20 heavy (non-hydrogen) atoms. The van der Waals surface area contributed by atoms with Gasteiger partial charge < -0.3 is 14.8 Å². The first-order valence-corrected chi connectivity index (χ1v) is 7.68. The van der Waals surface area contributed by atoms with Crippen LogP contribution in [0.15, 0.2) is 35.0 Å².